The number of alkyl halides is 3. The van der Waals surface area contributed by atoms with E-state index in [1.807, 2.05) is 0 Å². The van der Waals surface area contributed by atoms with Gasteiger partial charge in [0.15, 0.2) is 5.69 Å². The maximum atomic E-state index is 12.9. The van der Waals surface area contributed by atoms with Crippen LogP contribution < -0.4 is 0 Å². The minimum atomic E-state index is -4.74. The van der Waals surface area contributed by atoms with Crippen molar-refractivity contribution in [3.8, 4) is 0 Å². The third kappa shape index (κ3) is 3.76. The summed E-state index contributed by atoms with van der Waals surface area (Å²) in [6.45, 7) is 1.50. The lowest BCUT2D eigenvalue weighted by Crippen LogP contribution is -2.14. The molecule has 0 bridgehead atoms. The van der Waals surface area contributed by atoms with Gasteiger partial charge in [-0.15, -0.1) is 0 Å². The van der Waals surface area contributed by atoms with Gasteiger partial charge in [0.1, 0.15) is 10.7 Å². The van der Waals surface area contributed by atoms with Gasteiger partial charge in [-0.1, -0.05) is 17.7 Å². The Kier molecular flexibility index (Phi) is 4.70. The number of carbonyl (C=O) groups excluding carboxylic acids is 1. The Morgan fingerprint density at radius 3 is 2.68 bits per heavy atom. The van der Waals surface area contributed by atoms with Crippen molar-refractivity contribution in [1.29, 1.82) is 0 Å². The van der Waals surface area contributed by atoms with E-state index in [0.717, 1.165) is 10.9 Å². The molecule has 0 amide bonds. The smallest absolute Gasteiger partial charge is 0.436 e. The number of rotatable bonds is 4. The Morgan fingerprint density at radius 2 is 2.14 bits per heavy atom. The molecule has 9 heteroatoms. The summed E-state index contributed by atoms with van der Waals surface area (Å²) in [4.78, 5) is 15.4. The fraction of sp³-hybridized carbons (Fsp3) is 0.308. The molecule has 2 aromatic rings. The molecular weight excluding hydrogens is 323 g/mol. The van der Waals surface area contributed by atoms with Gasteiger partial charge in [-0.3, -0.25) is 4.68 Å². The molecule has 118 valence electrons. The molecule has 0 atom stereocenters. The molecule has 0 saturated heterocycles. The maximum Gasteiger partial charge on any atom is 0.436 e. The zero-order chi connectivity index (χ0) is 16.3. The van der Waals surface area contributed by atoms with Crippen LogP contribution in [0.5, 0.6) is 0 Å². The summed E-state index contributed by atoms with van der Waals surface area (Å²) in [6.07, 6.45) is -2.32. The molecule has 2 rings (SSSR count). The fourth-order valence-corrected chi connectivity index (χ4v) is 1.87. The number of hydrogen-bond donors (Lipinski definition) is 0. The zero-order valence-electron chi connectivity index (χ0n) is 11.4. The van der Waals surface area contributed by atoms with Crippen molar-refractivity contribution in [3.05, 3.63) is 46.5 Å². The Morgan fingerprint density at radius 1 is 1.41 bits per heavy atom. The number of ether oxygens (including phenoxy) is 1. The van der Waals surface area contributed by atoms with Crippen LogP contribution in [0.1, 0.15) is 28.5 Å². The minimum absolute atomic E-state index is 0.0205. The molecule has 0 aliphatic rings. The standard InChI is InChI=1S/C13H11ClF3N3O2/c1-2-22-12(21)9-7-20(19-11(9)13(15,16)17)6-8-3-4-10(14)18-5-8/h3-5,7H,2,6H2,1H3. The molecule has 0 radical (unpaired) electrons. The monoisotopic (exact) mass is 333 g/mol. The maximum absolute atomic E-state index is 12.9. The first-order chi connectivity index (χ1) is 10.3. The van der Waals surface area contributed by atoms with Gasteiger partial charge in [0.2, 0.25) is 0 Å². The van der Waals surface area contributed by atoms with E-state index in [4.69, 9.17) is 11.6 Å². The summed E-state index contributed by atoms with van der Waals surface area (Å²) < 4.78 is 44.5. The van der Waals surface area contributed by atoms with Crippen molar-refractivity contribution >= 4 is 17.6 Å². The van der Waals surface area contributed by atoms with Crippen LogP contribution in [0.4, 0.5) is 13.2 Å². The van der Waals surface area contributed by atoms with Crippen molar-refractivity contribution in [2.75, 3.05) is 6.61 Å². The Labute approximate surface area is 128 Å². The highest BCUT2D eigenvalue weighted by atomic mass is 35.5. The third-order valence-corrected chi connectivity index (χ3v) is 2.88. The van der Waals surface area contributed by atoms with Gasteiger partial charge < -0.3 is 4.74 Å². The first-order valence-corrected chi connectivity index (χ1v) is 6.61. The van der Waals surface area contributed by atoms with Crippen LogP contribution in [0.3, 0.4) is 0 Å². The summed E-state index contributed by atoms with van der Waals surface area (Å²) in [5.74, 6) is -1.06. The van der Waals surface area contributed by atoms with Gasteiger partial charge in [-0.25, -0.2) is 9.78 Å². The molecule has 0 aliphatic carbocycles. The Balaban J connectivity index is 2.33. The predicted molar refractivity (Wildman–Crippen MR) is 71.5 cm³/mol. The quantitative estimate of drug-likeness (QED) is 0.637. The van der Waals surface area contributed by atoms with E-state index in [0.29, 0.717) is 5.56 Å². The van der Waals surface area contributed by atoms with Crippen LogP contribution in [0.2, 0.25) is 5.15 Å². The van der Waals surface area contributed by atoms with E-state index in [-0.39, 0.29) is 18.3 Å². The average molecular weight is 334 g/mol. The SMILES string of the molecule is CCOC(=O)c1cn(Cc2ccc(Cl)nc2)nc1C(F)(F)F. The number of esters is 1. The highest BCUT2D eigenvalue weighted by Crippen LogP contribution is 2.31. The van der Waals surface area contributed by atoms with E-state index in [1.54, 1.807) is 6.07 Å². The first kappa shape index (κ1) is 16.3. The van der Waals surface area contributed by atoms with E-state index in [9.17, 15) is 18.0 Å². The number of pyridine rings is 1. The molecule has 0 spiro atoms. The number of aromatic nitrogens is 3. The molecule has 22 heavy (non-hydrogen) atoms. The molecule has 0 N–H and O–H groups in total. The lowest BCUT2D eigenvalue weighted by atomic mass is 10.2. The van der Waals surface area contributed by atoms with Gasteiger partial charge in [0.05, 0.1) is 13.2 Å². The van der Waals surface area contributed by atoms with Crippen molar-refractivity contribution in [1.82, 2.24) is 14.8 Å². The lowest BCUT2D eigenvalue weighted by Gasteiger charge is -2.05. The molecule has 0 unspecified atom stereocenters. The highest BCUT2D eigenvalue weighted by molar-refractivity contribution is 6.29. The Hall–Kier alpha value is -2.09. The molecule has 0 fully saturated rings. The molecule has 0 saturated carbocycles. The van der Waals surface area contributed by atoms with Gasteiger partial charge in [0.25, 0.3) is 0 Å². The van der Waals surface area contributed by atoms with Gasteiger partial charge in [-0.2, -0.15) is 18.3 Å². The second-order valence-electron chi connectivity index (χ2n) is 4.30. The molecule has 2 heterocycles. The summed E-state index contributed by atoms with van der Waals surface area (Å²) in [7, 11) is 0. The number of carbonyl (C=O) groups is 1. The summed E-state index contributed by atoms with van der Waals surface area (Å²) in [5.41, 5.74) is -1.29. The largest absolute Gasteiger partial charge is 0.462 e. The molecule has 2 aromatic heterocycles. The van der Waals surface area contributed by atoms with Crippen molar-refractivity contribution in [3.63, 3.8) is 0 Å². The molecule has 5 nitrogen and oxygen atoms in total. The van der Waals surface area contributed by atoms with Crippen LogP contribution >= 0.6 is 11.6 Å². The second kappa shape index (κ2) is 6.35. The summed E-state index contributed by atoms with van der Waals surface area (Å²) in [6, 6.07) is 3.12. The van der Waals surface area contributed by atoms with E-state index in [1.165, 1.54) is 19.2 Å². The first-order valence-electron chi connectivity index (χ1n) is 6.23. The van der Waals surface area contributed by atoms with Gasteiger partial charge in [-0.05, 0) is 18.6 Å². The number of halogens is 4. The number of hydrogen-bond acceptors (Lipinski definition) is 4. The normalized spacial score (nSPS) is 11.5. The topological polar surface area (TPSA) is 57.0 Å². The third-order valence-electron chi connectivity index (χ3n) is 2.66. The van der Waals surface area contributed by atoms with Crippen LogP contribution in [0.25, 0.3) is 0 Å². The fourth-order valence-electron chi connectivity index (χ4n) is 1.76. The number of nitrogens with zero attached hydrogens (tertiary/aromatic N) is 3. The molecule has 0 aromatic carbocycles. The summed E-state index contributed by atoms with van der Waals surface area (Å²) >= 11 is 5.64. The van der Waals surface area contributed by atoms with E-state index >= 15 is 0 Å². The summed E-state index contributed by atoms with van der Waals surface area (Å²) in [5, 5.41) is 3.70. The van der Waals surface area contributed by atoms with E-state index in [2.05, 4.69) is 14.8 Å². The molecule has 0 aliphatic heterocycles. The minimum Gasteiger partial charge on any atom is -0.462 e. The zero-order valence-corrected chi connectivity index (χ0v) is 12.1. The van der Waals surface area contributed by atoms with E-state index < -0.39 is 23.4 Å². The van der Waals surface area contributed by atoms with Crippen molar-refractivity contribution < 1.29 is 22.7 Å². The van der Waals surface area contributed by atoms with Crippen LogP contribution in [-0.4, -0.2) is 27.3 Å². The second-order valence-corrected chi connectivity index (χ2v) is 4.68. The predicted octanol–water partition coefficient (Wildman–Crippen LogP) is 3.18. The van der Waals surface area contributed by atoms with Crippen LogP contribution in [0, 0.1) is 0 Å². The lowest BCUT2D eigenvalue weighted by molar-refractivity contribution is -0.142. The van der Waals surface area contributed by atoms with Crippen molar-refractivity contribution in [2.24, 2.45) is 0 Å². The highest BCUT2D eigenvalue weighted by Gasteiger charge is 2.39. The van der Waals surface area contributed by atoms with Crippen LogP contribution in [0.15, 0.2) is 24.5 Å². The average Bonchev–Trinajstić information content (AvgIpc) is 2.86. The van der Waals surface area contributed by atoms with Crippen LogP contribution in [-0.2, 0) is 17.5 Å². The van der Waals surface area contributed by atoms with Gasteiger partial charge in [0, 0.05) is 12.4 Å². The van der Waals surface area contributed by atoms with Gasteiger partial charge >= 0.3 is 12.1 Å². The van der Waals surface area contributed by atoms with Crippen molar-refractivity contribution in [2.45, 2.75) is 19.6 Å². The Bertz CT molecular complexity index is 668. The molecular formula is C13H11ClF3N3O2.